The van der Waals surface area contributed by atoms with Crippen LogP contribution >= 0.6 is 11.3 Å². The summed E-state index contributed by atoms with van der Waals surface area (Å²) in [7, 11) is 0. The molecule has 0 spiro atoms. The van der Waals surface area contributed by atoms with E-state index in [1.165, 1.54) is 11.3 Å². The Labute approximate surface area is 109 Å². The van der Waals surface area contributed by atoms with E-state index in [0.29, 0.717) is 6.42 Å². The largest absolute Gasteiger partial charge is 0.481 e. The zero-order chi connectivity index (χ0) is 13.1. The third-order valence-corrected chi connectivity index (χ3v) is 3.72. The molecule has 5 heteroatoms. The summed E-state index contributed by atoms with van der Waals surface area (Å²) in [6.45, 7) is 4.12. The Morgan fingerprint density at radius 2 is 2.33 bits per heavy atom. The molecule has 2 aromatic heterocycles. The van der Waals surface area contributed by atoms with E-state index in [4.69, 9.17) is 9.52 Å². The average molecular weight is 265 g/mol. The van der Waals surface area contributed by atoms with Gasteiger partial charge in [-0.1, -0.05) is 13.8 Å². The number of carboxylic acid groups (broad SMARTS) is 1. The molecular weight excluding hydrogens is 250 g/mol. The molecule has 4 nitrogen and oxygen atoms in total. The van der Waals surface area contributed by atoms with Crippen LogP contribution in [0.25, 0.3) is 10.8 Å². The number of aromatic nitrogens is 1. The summed E-state index contributed by atoms with van der Waals surface area (Å²) in [6.07, 6.45) is 2.28. The molecule has 0 aliphatic heterocycles. The summed E-state index contributed by atoms with van der Waals surface area (Å²) >= 11 is 1.52. The van der Waals surface area contributed by atoms with Crippen LogP contribution in [0.4, 0.5) is 0 Å². The second kappa shape index (κ2) is 5.35. The van der Waals surface area contributed by atoms with E-state index in [0.717, 1.165) is 21.3 Å². The molecule has 2 rings (SSSR count). The van der Waals surface area contributed by atoms with E-state index in [-0.39, 0.29) is 12.3 Å². The van der Waals surface area contributed by atoms with Crippen LogP contribution in [0, 0.1) is 0 Å². The van der Waals surface area contributed by atoms with E-state index in [1.54, 1.807) is 6.26 Å². The van der Waals surface area contributed by atoms with Gasteiger partial charge in [-0.25, -0.2) is 4.98 Å². The number of carboxylic acids is 1. The van der Waals surface area contributed by atoms with Crippen molar-refractivity contribution in [1.82, 2.24) is 4.98 Å². The quantitative estimate of drug-likeness (QED) is 0.898. The van der Waals surface area contributed by atoms with Crippen LogP contribution in [0.1, 0.15) is 36.8 Å². The molecule has 0 amide bonds. The Morgan fingerprint density at radius 1 is 1.56 bits per heavy atom. The van der Waals surface area contributed by atoms with Gasteiger partial charge in [0.25, 0.3) is 0 Å². The lowest BCUT2D eigenvalue weighted by Gasteiger charge is -2.03. The molecule has 0 saturated carbocycles. The van der Waals surface area contributed by atoms with Crippen LogP contribution in [-0.4, -0.2) is 16.1 Å². The van der Waals surface area contributed by atoms with Crippen molar-refractivity contribution in [3.63, 3.8) is 0 Å². The van der Waals surface area contributed by atoms with Gasteiger partial charge in [0.05, 0.1) is 18.4 Å². The zero-order valence-corrected chi connectivity index (χ0v) is 11.2. The maximum Gasteiger partial charge on any atom is 0.303 e. The smallest absolute Gasteiger partial charge is 0.303 e. The molecule has 1 N–H and O–H groups in total. The van der Waals surface area contributed by atoms with Crippen molar-refractivity contribution in [3.05, 3.63) is 29.0 Å². The molecule has 0 bridgehead atoms. The topological polar surface area (TPSA) is 63.3 Å². The Morgan fingerprint density at radius 3 is 2.89 bits per heavy atom. The number of aliphatic carboxylic acids is 1. The standard InChI is InChI=1S/C13H15NO3S/c1-8(2)12-10(5-6-11(15)16)18-13(14-12)9-4-3-7-17-9/h3-4,7-8H,5-6H2,1-2H3,(H,15,16). The van der Waals surface area contributed by atoms with Crippen molar-refractivity contribution in [2.45, 2.75) is 32.6 Å². The first-order valence-corrected chi connectivity index (χ1v) is 6.65. The van der Waals surface area contributed by atoms with Gasteiger partial charge in [0, 0.05) is 4.88 Å². The number of aryl methyl sites for hydroxylation is 1. The lowest BCUT2D eigenvalue weighted by Crippen LogP contribution is -1.99. The lowest BCUT2D eigenvalue weighted by atomic mass is 10.1. The van der Waals surface area contributed by atoms with E-state index in [2.05, 4.69) is 18.8 Å². The summed E-state index contributed by atoms with van der Waals surface area (Å²) in [5, 5.41) is 9.58. The molecule has 0 aliphatic rings. The molecular formula is C13H15NO3S. The van der Waals surface area contributed by atoms with Gasteiger partial charge < -0.3 is 9.52 Å². The summed E-state index contributed by atoms with van der Waals surface area (Å²) in [6, 6.07) is 3.69. The first-order valence-electron chi connectivity index (χ1n) is 5.83. The third kappa shape index (κ3) is 2.79. The van der Waals surface area contributed by atoms with Gasteiger partial charge in [0.1, 0.15) is 0 Å². The van der Waals surface area contributed by atoms with Gasteiger partial charge in [0.15, 0.2) is 10.8 Å². The third-order valence-electron chi connectivity index (χ3n) is 2.57. The molecule has 0 atom stereocenters. The molecule has 2 heterocycles. The highest BCUT2D eigenvalue weighted by Crippen LogP contribution is 2.32. The van der Waals surface area contributed by atoms with E-state index in [9.17, 15) is 4.79 Å². The summed E-state index contributed by atoms with van der Waals surface area (Å²) in [5.41, 5.74) is 0.979. The van der Waals surface area contributed by atoms with E-state index in [1.807, 2.05) is 12.1 Å². The molecule has 96 valence electrons. The van der Waals surface area contributed by atoms with Gasteiger partial charge in [-0.3, -0.25) is 4.79 Å². The minimum Gasteiger partial charge on any atom is -0.481 e. The van der Waals surface area contributed by atoms with Crippen LogP contribution in [0.2, 0.25) is 0 Å². The molecule has 0 aliphatic carbocycles. The predicted octanol–water partition coefficient (Wildman–Crippen LogP) is 3.54. The SMILES string of the molecule is CC(C)c1nc(-c2ccco2)sc1CCC(=O)O. The van der Waals surface area contributed by atoms with Crippen LogP contribution in [-0.2, 0) is 11.2 Å². The molecule has 0 saturated heterocycles. The highest BCUT2D eigenvalue weighted by molar-refractivity contribution is 7.15. The zero-order valence-electron chi connectivity index (χ0n) is 10.3. The van der Waals surface area contributed by atoms with Gasteiger partial charge in [0.2, 0.25) is 0 Å². The Hall–Kier alpha value is -1.62. The number of furan rings is 1. The minimum absolute atomic E-state index is 0.138. The van der Waals surface area contributed by atoms with Crippen LogP contribution in [0.3, 0.4) is 0 Å². The van der Waals surface area contributed by atoms with Crippen molar-refractivity contribution in [1.29, 1.82) is 0 Å². The second-order valence-corrected chi connectivity index (χ2v) is 5.44. The van der Waals surface area contributed by atoms with Gasteiger partial charge in [-0.05, 0) is 24.5 Å². The lowest BCUT2D eigenvalue weighted by molar-refractivity contribution is -0.136. The number of rotatable bonds is 5. The molecule has 0 unspecified atom stereocenters. The number of hydrogen-bond donors (Lipinski definition) is 1. The Kier molecular flexibility index (Phi) is 3.81. The van der Waals surface area contributed by atoms with Crippen LogP contribution < -0.4 is 0 Å². The number of hydrogen-bond acceptors (Lipinski definition) is 4. The Bertz CT molecular complexity index is 528. The van der Waals surface area contributed by atoms with Crippen molar-refractivity contribution < 1.29 is 14.3 Å². The number of carbonyl (C=O) groups is 1. The Balaban J connectivity index is 2.29. The fourth-order valence-electron chi connectivity index (χ4n) is 1.72. The fraction of sp³-hybridized carbons (Fsp3) is 0.385. The number of nitrogens with zero attached hydrogens (tertiary/aromatic N) is 1. The molecule has 0 aromatic carbocycles. The van der Waals surface area contributed by atoms with Crippen molar-refractivity contribution in [3.8, 4) is 10.8 Å². The van der Waals surface area contributed by atoms with E-state index < -0.39 is 5.97 Å². The van der Waals surface area contributed by atoms with Crippen molar-refractivity contribution >= 4 is 17.3 Å². The van der Waals surface area contributed by atoms with Crippen molar-refractivity contribution in [2.24, 2.45) is 0 Å². The van der Waals surface area contributed by atoms with E-state index >= 15 is 0 Å². The average Bonchev–Trinajstić information content (AvgIpc) is 2.94. The van der Waals surface area contributed by atoms with Gasteiger partial charge >= 0.3 is 5.97 Å². The highest BCUT2D eigenvalue weighted by atomic mass is 32.1. The molecule has 18 heavy (non-hydrogen) atoms. The maximum absolute atomic E-state index is 10.7. The van der Waals surface area contributed by atoms with Gasteiger partial charge in [-0.2, -0.15) is 0 Å². The monoisotopic (exact) mass is 265 g/mol. The summed E-state index contributed by atoms with van der Waals surface area (Å²) < 4.78 is 5.32. The first-order chi connectivity index (χ1) is 8.58. The number of thiazole rings is 1. The van der Waals surface area contributed by atoms with Crippen LogP contribution in [0.15, 0.2) is 22.8 Å². The highest BCUT2D eigenvalue weighted by Gasteiger charge is 2.17. The predicted molar refractivity (Wildman–Crippen MR) is 69.9 cm³/mol. The normalized spacial score (nSPS) is 11.1. The summed E-state index contributed by atoms with van der Waals surface area (Å²) in [4.78, 5) is 16.3. The molecule has 0 radical (unpaired) electrons. The minimum atomic E-state index is -0.780. The second-order valence-electron chi connectivity index (χ2n) is 4.35. The fourth-order valence-corrected chi connectivity index (χ4v) is 2.90. The van der Waals surface area contributed by atoms with Crippen molar-refractivity contribution in [2.75, 3.05) is 0 Å². The first kappa shape index (κ1) is 12.8. The summed E-state index contributed by atoms with van der Waals surface area (Å²) in [5.74, 6) is 0.245. The molecule has 2 aromatic rings. The maximum atomic E-state index is 10.7. The van der Waals surface area contributed by atoms with Gasteiger partial charge in [-0.15, -0.1) is 11.3 Å². The van der Waals surface area contributed by atoms with Crippen LogP contribution in [0.5, 0.6) is 0 Å². The molecule has 0 fully saturated rings.